The number of rotatable bonds is 10. The fraction of sp³-hybridized carbons (Fsp3) is 0.647. The number of unbranched alkanes of at least 4 members (excludes halogenated alkanes) is 4. The Bertz CT molecular complexity index is 560. The lowest BCUT2D eigenvalue weighted by Crippen LogP contribution is -2.17. The van der Waals surface area contributed by atoms with Gasteiger partial charge in [-0.2, -0.15) is 0 Å². The Morgan fingerprint density at radius 3 is 2.05 bits per heavy atom. The lowest BCUT2D eigenvalue weighted by molar-refractivity contribution is 0.577. The van der Waals surface area contributed by atoms with Crippen molar-refractivity contribution in [3.8, 4) is 0 Å². The lowest BCUT2D eigenvalue weighted by Gasteiger charge is -2.07. The standard InChI is InChI=1S/C17H28O3S2/c1-15(2)22(19,20)14-8-6-4-5-7-9-16-10-12-17(13-11-16)21(3)18/h10-13,15H,4-9,14H2,1-3H3. The van der Waals surface area contributed by atoms with Crippen LogP contribution < -0.4 is 0 Å². The monoisotopic (exact) mass is 344 g/mol. The highest BCUT2D eigenvalue weighted by Crippen LogP contribution is 2.13. The molecule has 1 unspecified atom stereocenters. The third kappa shape index (κ3) is 7.05. The van der Waals surface area contributed by atoms with Crippen LogP contribution in [0, 0.1) is 0 Å². The smallest absolute Gasteiger partial charge is 0.152 e. The van der Waals surface area contributed by atoms with Crippen molar-refractivity contribution in [2.45, 2.75) is 62.5 Å². The average molecular weight is 345 g/mol. The van der Waals surface area contributed by atoms with E-state index in [2.05, 4.69) is 0 Å². The number of hydrogen-bond acceptors (Lipinski definition) is 3. The van der Waals surface area contributed by atoms with Crippen LogP contribution in [0.4, 0.5) is 0 Å². The molecule has 0 amide bonds. The Hall–Kier alpha value is -0.680. The minimum Gasteiger partial charge on any atom is -0.255 e. The fourth-order valence-electron chi connectivity index (χ4n) is 2.25. The van der Waals surface area contributed by atoms with Gasteiger partial charge >= 0.3 is 0 Å². The molecule has 126 valence electrons. The highest BCUT2D eigenvalue weighted by Gasteiger charge is 2.14. The summed E-state index contributed by atoms with van der Waals surface area (Å²) in [6.45, 7) is 3.49. The van der Waals surface area contributed by atoms with E-state index in [-0.39, 0.29) is 5.25 Å². The number of hydrogen-bond donors (Lipinski definition) is 0. The molecule has 0 aliphatic rings. The van der Waals surface area contributed by atoms with Crippen molar-refractivity contribution in [2.75, 3.05) is 12.0 Å². The van der Waals surface area contributed by atoms with Crippen LogP contribution in [0.1, 0.15) is 51.5 Å². The van der Waals surface area contributed by atoms with Crippen LogP contribution >= 0.6 is 0 Å². The van der Waals surface area contributed by atoms with Gasteiger partial charge in [0.05, 0.1) is 11.0 Å². The Morgan fingerprint density at radius 2 is 1.50 bits per heavy atom. The van der Waals surface area contributed by atoms with Gasteiger partial charge in [0, 0.05) is 22.0 Å². The number of sulfone groups is 1. The first-order valence-electron chi connectivity index (χ1n) is 7.97. The second-order valence-corrected chi connectivity index (χ2v) is 10.1. The van der Waals surface area contributed by atoms with E-state index >= 15 is 0 Å². The molecule has 22 heavy (non-hydrogen) atoms. The molecule has 1 atom stereocenters. The van der Waals surface area contributed by atoms with Gasteiger partial charge < -0.3 is 0 Å². The summed E-state index contributed by atoms with van der Waals surface area (Å²) < 4.78 is 34.6. The molecule has 5 heteroatoms. The van der Waals surface area contributed by atoms with Gasteiger partial charge in [0.25, 0.3) is 0 Å². The molecule has 0 radical (unpaired) electrons. The van der Waals surface area contributed by atoms with E-state index in [1.165, 1.54) is 5.56 Å². The highest BCUT2D eigenvalue weighted by molar-refractivity contribution is 7.91. The Balaban J connectivity index is 2.14. The maximum Gasteiger partial charge on any atom is 0.152 e. The predicted molar refractivity (Wildman–Crippen MR) is 94.5 cm³/mol. The highest BCUT2D eigenvalue weighted by atomic mass is 32.2. The first-order chi connectivity index (χ1) is 10.3. The molecule has 0 bridgehead atoms. The molecule has 0 N–H and O–H groups in total. The summed E-state index contributed by atoms with van der Waals surface area (Å²) in [5.41, 5.74) is 1.27. The molecule has 1 aromatic rings. The van der Waals surface area contributed by atoms with Gasteiger partial charge in [0.2, 0.25) is 0 Å². The first-order valence-corrected chi connectivity index (χ1v) is 11.2. The minimum absolute atomic E-state index is 0.257. The van der Waals surface area contributed by atoms with Gasteiger partial charge in [-0.15, -0.1) is 0 Å². The fourth-order valence-corrected chi connectivity index (χ4v) is 3.84. The van der Waals surface area contributed by atoms with E-state index < -0.39 is 20.6 Å². The quantitative estimate of drug-likeness (QED) is 0.608. The molecule has 0 heterocycles. The maximum atomic E-state index is 11.7. The second-order valence-electron chi connectivity index (χ2n) is 6.03. The van der Waals surface area contributed by atoms with E-state index in [1.807, 2.05) is 24.3 Å². The van der Waals surface area contributed by atoms with Gasteiger partial charge in [0.1, 0.15) is 0 Å². The SMILES string of the molecule is CC(C)S(=O)(=O)CCCCCCCc1ccc(S(C)=O)cc1. The Morgan fingerprint density at radius 1 is 0.955 bits per heavy atom. The molecule has 1 rings (SSSR count). The van der Waals surface area contributed by atoms with Crippen molar-refractivity contribution in [3.63, 3.8) is 0 Å². The molecule has 0 saturated heterocycles. The van der Waals surface area contributed by atoms with Crippen LogP contribution in [0.25, 0.3) is 0 Å². The van der Waals surface area contributed by atoms with Crippen LogP contribution in [-0.4, -0.2) is 29.9 Å². The summed E-state index contributed by atoms with van der Waals surface area (Å²) in [6.07, 6.45) is 7.81. The van der Waals surface area contributed by atoms with E-state index in [0.717, 1.165) is 43.4 Å². The summed E-state index contributed by atoms with van der Waals surface area (Å²) in [4.78, 5) is 0.870. The zero-order chi connectivity index (χ0) is 16.6. The average Bonchev–Trinajstić information content (AvgIpc) is 2.46. The third-order valence-corrected chi connectivity index (χ3v) is 7.10. The normalized spacial score (nSPS) is 13.5. The van der Waals surface area contributed by atoms with Gasteiger partial charge in [-0.1, -0.05) is 31.4 Å². The summed E-state index contributed by atoms with van der Waals surface area (Å²) in [7, 11) is -3.78. The number of benzene rings is 1. The molecule has 3 nitrogen and oxygen atoms in total. The first kappa shape index (κ1) is 19.4. The van der Waals surface area contributed by atoms with E-state index in [4.69, 9.17) is 0 Å². The van der Waals surface area contributed by atoms with Crippen LogP contribution in [0.5, 0.6) is 0 Å². The van der Waals surface area contributed by atoms with Crippen molar-refractivity contribution < 1.29 is 12.6 Å². The molecule has 0 fully saturated rings. The Labute approximate surface area is 137 Å². The third-order valence-electron chi connectivity index (χ3n) is 3.87. The van der Waals surface area contributed by atoms with Gasteiger partial charge in [-0.3, -0.25) is 4.21 Å². The summed E-state index contributed by atoms with van der Waals surface area (Å²) in [5, 5.41) is -0.257. The molecule has 0 saturated carbocycles. The molecule has 0 aliphatic carbocycles. The molecule has 1 aromatic carbocycles. The van der Waals surface area contributed by atoms with E-state index in [1.54, 1.807) is 20.1 Å². The van der Waals surface area contributed by atoms with Gasteiger partial charge in [0.15, 0.2) is 9.84 Å². The second kappa shape index (κ2) is 9.46. The van der Waals surface area contributed by atoms with Crippen LogP contribution in [-0.2, 0) is 27.1 Å². The summed E-state index contributed by atoms with van der Waals surface area (Å²) in [6, 6.07) is 7.96. The molecular formula is C17H28O3S2. The lowest BCUT2D eigenvalue weighted by atomic mass is 10.1. The minimum atomic E-state index is -2.87. The Kier molecular flexibility index (Phi) is 8.33. The largest absolute Gasteiger partial charge is 0.255 e. The van der Waals surface area contributed by atoms with Crippen LogP contribution in [0.2, 0.25) is 0 Å². The van der Waals surface area contributed by atoms with Crippen molar-refractivity contribution in [3.05, 3.63) is 29.8 Å². The zero-order valence-electron chi connectivity index (χ0n) is 13.9. The van der Waals surface area contributed by atoms with E-state index in [9.17, 15) is 12.6 Å². The van der Waals surface area contributed by atoms with Crippen molar-refractivity contribution >= 4 is 20.6 Å². The summed E-state index contributed by atoms with van der Waals surface area (Å²) in [5.74, 6) is 0.320. The predicted octanol–water partition coefficient (Wildman–Crippen LogP) is 3.74. The molecule has 0 aliphatic heterocycles. The maximum absolute atomic E-state index is 11.7. The van der Waals surface area contributed by atoms with Crippen LogP contribution in [0.3, 0.4) is 0 Å². The molecule has 0 spiro atoms. The topological polar surface area (TPSA) is 51.2 Å². The number of aryl methyl sites for hydroxylation is 1. The van der Waals surface area contributed by atoms with Gasteiger partial charge in [-0.05, 0) is 50.8 Å². The van der Waals surface area contributed by atoms with Crippen molar-refractivity contribution in [2.24, 2.45) is 0 Å². The zero-order valence-corrected chi connectivity index (χ0v) is 15.5. The van der Waals surface area contributed by atoms with Crippen molar-refractivity contribution in [1.82, 2.24) is 0 Å². The molecular weight excluding hydrogens is 316 g/mol. The summed E-state index contributed by atoms with van der Waals surface area (Å²) >= 11 is 0. The van der Waals surface area contributed by atoms with E-state index in [0.29, 0.717) is 5.75 Å². The van der Waals surface area contributed by atoms with Crippen molar-refractivity contribution in [1.29, 1.82) is 0 Å². The molecule has 0 aromatic heterocycles. The van der Waals surface area contributed by atoms with Gasteiger partial charge in [-0.25, -0.2) is 8.42 Å². The van der Waals surface area contributed by atoms with Crippen LogP contribution in [0.15, 0.2) is 29.2 Å².